The fraction of sp³-hybridized carbons (Fsp3) is 0.417. The van der Waals surface area contributed by atoms with E-state index in [1.165, 1.54) is 17.8 Å². The van der Waals surface area contributed by atoms with Gasteiger partial charge in [-0.25, -0.2) is 4.39 Å². The highest BCUT2D eigenvalue weighted by Crippen LogP contribution is 2.22. The Kier molecular flexibility index (Phi) is 10.3. The largest absolute Gasteiger partial charge is 0.352 e. The summed E-state index contributed by atoms with van der Waals surface area (Å²) in [7, 11) is 0. The second kappa shape index (κ2) is 12.7. The van der Waals surface area contributed by atoms with Gasteiger partial charge in [-0.05, 0) is 43.0 Å². The molecule has 0 aliphatic rings. The van der Waals surface area contributed by atoms with Gasteiger partial charge in [-0.3, -0.25) is 9.59 Å². The molecule has 0 aliphatic heterocycles. The standard InChI is InChI=1S/C24H30ClFN2O2S/c1-4-17(3)27-24(30)22(5-2)28(14-18-10-6-8-12-20(18)25)23(29)16-31-15-19-11-7-9-13-21(19)26/h6-13,17,22H,4-5,14-16H2,1-3H3,(H,27,30)/t17-,22-/m1/s1. The molecule has 0 radical (unpaired) electrons. The third-order valence-electron chi connectivity index (χ3n) is 5.13. The number of rotatable bonds is 11. The van der Waals surface area contributed by atoms with Gasteiger partial charge in [-0.1, -0.05) is 61.8 Å². The Morgan fingerprint density at radius 3 is 2.32 bits per heavy atom. The predicted molar refractivity (Wildman–Crippen MR) is 127 cm³/mol. The maximum Gasteiger partial charge on any atom is 0.243 e. The lowest BCUT2D eigenvalue weighted by molar-refractivity contribution is -0.139. The minimum absolute atomic E-state index is 0.0225. The molecule has 2 aromatic rings. The quantitative estimate of drug-likeness (QED) is 0.482. The normalized spacial score (nSPS) is 12.8. The Morgan fingerprint density at radius 1 is 1.06 bits per heavy atom. The Labute approximate surface area is 193 Å². The predicted octanol–water partition coefficient (Wildman–Crippen LogP) is 5.43. The number of hydrogen-bond donors (Lipinski definition) is 1. The number of halogens is 2. The maximum absolute atomic E-state index is 13.9. The average Bonchev–Trinajstić information content (AvgIpc) is 2.76. The van der Waals surface area contributed by atoms with Crippen molar-refractivity contribution in [3.63, 3.8) is 0 Å². The van der Waals surface area contributed by atoms with Gasteiger partial charge in [0, 0.05) is 23.4 Å². The van der Waals surface area contributed by atoms with Crippen molar-refractivity contribution in [2.24, 2.45) is 0 Å². The van der Waals surface area contributed by atoms with E-state index in [4.69, 9.17) is 11.6 Å². The number of carbonyl (C=O) groups excluding carboxylic acids is 2. The van der Waals surface area contributed by atoms with Gasteiger partial charge >= 0.3 is 0 Å². The van der Waals surface area contributed by atoms with Crippen LogP contribution in [0.5, 0.6) is 0 Å². The first-order valence-electron chi connectivity index (χ1n) is 10.5. The summed E-state index contributed by atoms with van der Waals surface area (Å²) in [6.45, 7) is 6.07. The van der Waals surface area contributed by atoms with E-state index in [9.17, 15) is 14.0 Å². The van der Waals surface area contributed by atoms with Crippen LogP contribution in [-0.4, -0.2) is 34.6 Å². The lowest BCUT2D eigenvalue weighted by Gasteiger charge is -2.31. The van der Waals surface area contributed by atoms with Crippen molar-refractivity contribution in [3.8, 4) is 0 Å². The van der Waals surface area contributed by atoms with E-state index < -0.39 is 6.04 Å². The zero-order valence-corrected chi connectivity index (χ0v) is 19.8. The molecule has 0 saturated heterocycles. The molecular weight excluding hydrogens is 435 g/mol. The molecule has 0 aliphatic carbocycles. The van der Waals surface area contributed by atoms with Gasteiger partial charge in [0.1, 0.15) is 11.9 Å². The first-order valence-corrected chi connectivity index (χ1v) is 12.0. The summed E-state index contributed by atoms with van der Waals surface area (Å²) in [4.78, 5) is 27.7. The van der Waals surface area contributed by atoms with E-state index in [0.717, 1.165) is 12.0 Å². The summed E-state index contributed by atoms with van der Waals surface area (Å²) in [6.07, 6.45) is 1.29. The number of nitrogens with zero attached hydrogens (tertiary/aromatic N) is 1. The number of hydrogen-bond acceptors (Lipinski definition) is 3. The summed E-state index contributed by atoms with van der Waals surface area (Å²) >= 11 is 7.66. The van der Waals surface area contributed by atoms with Crippen LogP contribution in [0.25, 0.3) is 0 Å². The first-order chi connectivity index (χ1) is 14.9. The van der Waals surface area contributed by atoms with E-state index in [-0.39, 0.29) is 36.0 Å². The van der Waals surface area contributed by atoms with E-state index in [2.05, 4.69) is 5.32 Å². The van der Waals surface area contributed by atoms with Crippen molar-refractivity contribution in [1.29, 1.82) is 0 Å². The average molecular weight is 465 g/mol. The molecule has 7 heteroatoms. The number of amides is 2. The highest BCUT2D eigenvalue weighted by Gasteiger charge is 2.29. The minimum Gasteiger partial charge on any atom is -0.352 e. The smallest absolute Gasteiger partial charge is 0.243 e. The summed E-state index contributed by atoms with van der Waals surface area (Å²) in [5, 5.41) is 3.54. The van der Waals surface area contributed by atoms with Crippen molar-refractivity contribution in [1.82, 2.24) is 10.2 Å². The van der Waals surface area contributed by atoms with E-state index in [0.29, 0.717) is 22.8 Å². The molecule has 2 amide bonds. The first kappa shape index (κ1) is 25.2. The van der Waals surface area contributed by atoms with Gasteiger partial charge in [0.2, 0.25) is 11.8 Å². The van der Waals surface area contributed by atoms with Crippen LogP contribution in [-0.2, 0) is 21.9 Å². The van der Waals surface area contributed by atoms with Gasteiger partial charge in [0.15, 0.2) is 0 Å². The van der Waals surface area contributed by atoms with Crippen LogP contribution >= 0.6 is 23.4 Å². The zero-order valence-electron chi connectivity index (χ0n) is 18.2. The van der Waals surface area contributed by atoms with Crippen molar-refractivity contribution in [3.05, 3.63) is 70.5 Å². The molecule has 2 atom stereocenters. The van der Waals surface area contributed by atoms with Crippen LogP contribution in [0.3, 0.4) is 0 Å². The third-order valence-corrected chi connectivity index (χ3v) is 6.46. The number of carbonyl (C=O) groups is 2. The molecule has 2 aromatic carbocycles. The van der Waals surface area contributed by atoms with Crippen molar-refractivity contribution < 1.29 is 14.0 Å². The lowest BCUT2D eigenvalue weighted by atomic mass is 10.1. The molecule has 0 aromatic heterocycles. The van der Waals surface area contributed by atoms with Crippen molar-refractivity contribution in [2.75, 3.05) is 5.75 Å². The molecule has 0 unspecified atom stereocenters. The monoisotopic (exact) mass is 464 g/mol. The molecule has 0 heterocycles. The second-order valence-electron chi connectivity index (χ2n) is 7.44. The number of thioether (sulfide) groups is 1. The van der Waals surface area contributed by atoms with Gasteiger partial charge in [0.25, 0.3) is 0 Å². The van der Waals surface area contributed by atoms with Crippen LogP contribution in [0.15, 0.2) is 48.5 Å². The van der Waals surface area contributed by atoms with E-state index >= 15 is 0 Å². The molecule has 0 spiro atoms. The summed E-state index contributed by atoms with van der Waals surface area (Å²) in [6, 6.07) is 13.3. The van der Waals surface area contributed by atoms with Gasteiger partial charge in [0.05, 0.1) is 5.75 Å². The molecule has 4 nitrogen and oxygen atoms in total. The lowest BCUT2D eigenvalue weighted by Crippen LogP contribution is -2.51. The second-order valence-corrected chi connectivity index (χ2v) is 8.83. The van der Waals surface area contributed by atoms with E-state index in [1.54, 1.807) is 29.2 Å². The third kappa shape index (κ3) is 7.54. The molecule has 0 fully saturated rings. The minimum atomic E-state index is -0.605. The number of nitrogens with one attached hydrogen (secondary N) is 1. The van der Waals surface area contributed by atoms with Crippen molar-refractivity contribution >= 4 is 35.2 Å². The van der Waals surface area contributed by atoms with Gasteiger partial charge in [-0.15, -0.1) is 11.8 Å². The maximum atomic E-state index is 13.9. The molecule has 0 bridgehead atoms. The van der Waals surface area contributed by atoms with Crippen LogP contribution in [0.2, 0.25) is 5.02 Å². The topological polar surface area (TPSA) is 49.4 Å². The number of benzene rings is 2. The van der Waals surface area contributed by atoms with Gasteiger partial charge < -0.3 is 10.2 Å². The highest BCUT2D eigenvalue weighted by molar-refractivity contribution is 7.99. The molecule has 0 saturated carbocycles. The molecule has 1 N–H and O–H groups in total. The summed E-state index contributed by atoms with van der Waals surface area (Å²) in [5.41, 5.74) is 1.34. The van der Waals surface area contributed by atoms with Crippen LogP contribution < -0.4 is 5.32 Å². The molecule has 31 heavy (non-hydrogen) atoms. The Bertz CT molecular complexity index is 880. The Hall–Kier alpha value is -2.05. The zero-order chi connectivity index (χ0) is 22.8. The fourth-order valence-electron chi connectivity index (χ4n) is 3.12. The SMILES string of the molecule is CC[C@@H](C)NC(=O)[C@@H](CC)N(Cc1ccccc1Cl)C(=O)CSCc1ccccc1F. The Balaban J connectivity index is 2.16. The van der Waals surface area contributed by atoms with Crippen LogP contribution in [0.4, 0.5) is 4.39 Å². The van der Waals surface area contributed by atoms with E-state index in [1.807, 2.05) is 39.0 Å². The summed E-state index contributed by atoms with van der Waals surface area (Å²) < 4.78 is 13.9. The molecule has 168 valence electrons. The molecular formula is C24H30ClFN2O2S. The van der Waals surface area contributed by atoms with Crippen LogP contribution in [0, 0.1) is 5.82 Å². The highest BCUT2D eigenvalue weighted by atomic mass is 35.5. The summed E-state index contributed by atoms with van der Waals surface area (Å²) in [5.74, 6) is -0.0985. The van der Waals surface area contributed by atoms with Crippen LogP contribution in [0.1, 0.15) is 44.7 Å². The van der Waals surface area contributed by atoms with Gasteiger partial charge in [-0.2, -0.15) is 0 Å². The van der Waals surface area contributed by atoms with Crippen molar-refractivity contribution in [2.45, 2.75) is 58.0 Å². The fourth-order valence-corrected chi connectivity index (χ4v) is 4.21. The molecule has 2 rings (SSSR count). The Morgan fingerprint density at radius 2 is 1.71 bits per heavy atom.